The van der Waals surface area contributed by atoms with Crippen LogP contribution in [0.1, 0.15) is 46.5 Å². The molecule has 0 amide bonds. The van der Waals surface area contributed by atoms with E-state index in [0.717, 1.165) is 30.1 Å². The molecule has 0 aromatic carbocycles. The van der Waals surface area contributed by atoms with Crippen molar-refractivity contribution in [2.75, 3.05) is 6.61 Å². The van der Waals surface area contributed by atoms with Crippen LogP contribution in [0.5, 0.6) is 0 Å². The molecule has 13 heavy (non-hydrogen) atoms. The van der Waals surface area contributed by atoms with Gasteiger partial charge in [0.15, 0.2) is 0 Å². The second kappa shape index (κ2) is 4.99. The van der Waals surface area contributed by atoms with E-state index in [4.69, 9.17) is 5.11 Å². The van der Waals surface area contributed by atoms with Crippen LogP contribution in [-0.4, -0.2) is 11.7 Å². The standard InChI is InChI=1S/C12H24O/c1-9(2)11-5-4-10(3)12(8-11)6-7-13/h9-13H,4-8H2,1-3H3. The van der Waals surface area contributed by atoms with Crippen LogP contribution in [0.3, 0.4) is 0 Å². The number of rotatable bonds is 3. The van der Waals surface area contributed by atoms with Gasteiger partial charge in [0.25, 0.3) is 0 Å². The van der Waals surface area contributed by atoms with Gasteiger partial charge in [0.2, 0.25) is 0 Å². The lowest BCUT2D eigenvalue weighted by molar-refractivity contribution is 0.128. The third kappa shape index (κ3) is 2.98. The molecular weight excluding hydrogens is 160 g/mol. The smallest absolute Gasteiger partial charge is 0.0433 e. The second-order valence-electron chi connectivity index (χ2n) is 5.07. The van der Waals surface area contributed by atoms with E-state index in [-0.39, 0.29) is 0 Å². The van der Waals surface area contributed by atoms with Crippen molar-refractivity contribution in [2.24, 2.45) is 23.7 Å². The summed E-state index contributed by atoms with van der Waals surface area (Å²) in [6.45, 7) is 7.38. The van der Waals surface area contributed by atoms with E-state index < -0.39 is 0 Å². The molecule has 0 saturated heterocycles. The Morgan fingerprint density at radius 3 is 2.54 bits per heavy atom. The van der Waals surface area contributed by atoms with E-state index in [1.807, 2.05) is 0 Å². The average molecular weight is 184 g/mol. The van der Waals surface area contributed by atoms with Crippen LogP contribution in [0.25, 0.3) is 0 Å². The Balaban J connectivity index is 2.42. The molecule has 0 aromatic heterocycles. The van der Waals surface area contributed by atoms with Gasteiger partial charge in [0.1, 0.15) is 0 Å². The largest absolute Gasteiger partial charge is 0.396 e. The summed E-state index contributed by atoms with van der Waals surface area (Å²) in [7, 11) is 0. The summed E-state index contributed by atoms with van der Waals surface area (Å²) in [6.07, 6.45) is 5.14. The zero-order chi connectivity index (χ0) is 9.84. The first kappa shape index (κ1) is 11.0. The molecule has 1 heteroatoms. The van der Waals surface area contributed by atoms with Crippen LogP contribution in [0.15, 0.2) is 0 Å². The first-order valence-corrected chi connectivity index (χ1v) is 5.76. The van der Waals surface area contributed by atoms with Crippen LogP contribution in [0.4, 0.5) is 0 Å². The topological polar surface area (TPSA) is 20.2 Å². The molecule has 0 heterocycles. The third-order valence-corrected chi connectivity index (χ3v) is 3.85. The quantitative estimate of drug-likeness (QED) is 0.714. The Morgan fingerprint density at radius 1 is 1.31 bits per heavy atom. The zero-order valence-electron chi connectivity index (χ0n) is 9.29. The van der Waals surface area contributed by atoms with Crippen molar-refractivity contribution >= 4 is 0 Å². The Kier molecular flexibility index (Phi) is 4.24. The van der Waals surface area contributed by atoms with Gasteiger partial charge in [0, 0.05) is 6.61 Å². The van der Waals surface area contributed by atoms with Gasteiger partial charge in [-0.3, -0.25) is 0 Å². The van der Waals surface area contributed by atoms with Crippen molar-refractivity contribution in [3.05, 3.63) is 0 Å². The summed E-state index contributed by atoms with van der Waals surface area (Å²) in [6, 6.07) is 0. The van der Waals surface area contributed by atoms with Crippen LogP contribution in [-0.2, 0) is 0 Å². The average Bonchev–Trinajstić information content (AvgIpc) is 2.08. The van der Waals surface area contributed by atoms with Gasteiger partial charge >= 0.3 is 0 Å². The van der Waals surface area contributed by atoms with Crippen molar-refractivity contribution in [1.29, 1.82) is 0 Å². The molecule has 1 saturated carbocycles. The zero-order valence-corrected chi connectivity index (χ0v) is 9.29. The number of hydrogen-bond donors (Lipinski definition) is 1. The Labute approximate surface area is 82.5 Å². The molecule has 1 N–H and O–H groups in total. The fourth-order valence-corrected chi connectivity index (χ4v) is 2.63. The molecule has 1 rings (SSSR count). The highest BCUT2D eigenvalue weighted by atomic mass is 16.3. The van der Waals surface area contributed by atoms with E-state index in [0.29, 0.717) is 6.61 Å². The lowest BCUT2D eigenvalue weighted by Crippen LogP contribution is -2.26. The van der Waals surface area contributed by atoms with Crippen molar-refractivity contribution in [1.82, 2.24) is 0 Å². The normalized spacial score (nSPS) is 35.3. The monoisotopic (exact) mass is 184 g/mol. The third-order valence-electron chi connectivity index (χ3n) is 3.85. The number of aliphatic hydroxyl groups is 1. The predicted octanol–water partition coefficient (Wildman–Crippen LogP) is 3.08. The molecule has 0 aliphatic heterocycles. The first-order chi connectivity index (χ1) is 6.15. The molecule has 78 valence electrons. The van der Waals surface area contributed by atoms with Gasteiger partial charge in [-0.05, 0) is 42.9 Å². The van der Waals surface area contributed by atoms with E-state index in [9.17, 15) is 0 Å². The minimum atomic E-state index is 0.375. The van der Waals surface area contributed by atoms with Gasteiger partial charge in [-0.15, -0.1) is 0 Å². The molecule has 3 atom stereocenters. The molecule has 0 bridgehead atoms. The summed E-state index contributed by atoms with van der Waals surface area (Å²) in [5.41, 5.74) is 0. The minimum Gasteiger partial charge on any atom is -0.396 e. The highest BCUT2D eigenvalue weighted by molar-refractivity contribution is 4.79. The highest BCUT2D eigenvalue weighted by Gasteiger charge is 2.28. The number of hydrogen-bond acceptors (Lipinski definition) is 1. The molecule has 1 nitrogen and oxygen atoms in total. The van der Waals surface area contributed by atoms with Crippen molar-refractivity contribution < 1.29 is 5.11 Å². The van der Waals surface area contributed by atoms with Crippen molar-refractivity contribution in [3.63, 3.8) is 0 Å². The van der Waals surface area contributed by atoms with Gasteiger partial charge in [-0.2, -0.15) is 0 Å². The molecule has 0 spiro atoms. The van der Waals surface area contributed by atoms with Crippen molar-refractivity contribution in [2.45, 2.75) is 46.5 Å². The molecular formula is C12H24O. The van der Waals surface area contributed by atoms with Crippen LogP contribution < -0.4 is 0 Å². The molecule has 0 radical (unpaired) electrons. The minimum absolute atomic E-state index is 0.375. The van der Waals surface area contributed by atoms with Gasteiger partial charge < -0.3 is 5.11 Å². The Morgan fingerprint density at radius 2 is 2.00 bits per heavy atom. The Bertz CT molecular complexity index is 142. The maximum Gasteiger partial charge on any atom is 0.0433 e. The SMILES string of the molecule is CC(C)C1CCC(C)C(CCO)C1. The summed E-state index contributed by atoms with van der Waals surface area (Å²) in [5.74, 6) is 3.36. The maximum atomic E-state index is 8.96. The van der Waals surface area contributed by atoms with Crippen LogP contribution in [0.2, 0.25) is 0 Å². The highest BCUT2D eigenvalue weighted by Crippen LogP contribution is 2.38. The predicted molar refractivity (Wildman–Crippen MR) is 56.5 cm³/mol. The van der Waals surface area contributed by atoms with Crippen molar-refractivity contribution in [3.8, 4) is 0 Å². The van der Waals surface area contributed by atoms with Gasteiger partial charge in [-0.1, -0.05) is 27.2 Å². The fourth-order valence-electron chi connectivity index (χ4n) is 2.63. The summed E-state index contributed by atoms with van der Waals surface area (Å²) < 4.78 is 0. The van der Waals surface area contributed by atoms with E-state index in [2.05, 4.69) is 20.8 Å². The molecule has 0 aromatic rings. The van der Waals surface area contributed by atoms with E-state index in [1.54, 1.807) is 0 Å². The van der Waals surface area contributed by atoms with Crippen LogP contribution >= 0.6 is 0 Å². The molecule has 3 unspecified atom stereocenters. The maximum absolute atomic E-state index is 8.96. The van der Waals surface area contributed by atoms with Crippen LogP contribution in [0, 0.1) is 23.7 Å². The Hall–Kier alpha value is -0.0400. The lowest BCUT2D eigenvalue weighted by atomic mass is 9.70. The number of aliphatic hydroxyl groups excluding tert-OH is 1. The lowest BCUT2D eigenvalue weighted by Gasteiger charge is -2.36. The van der Waals surface area contributed by atoms with Gasteiger partial charge in [-0.25, -0.2) is 0 Å². The summed E-state index contributed by atoms with van der Waals surface area (Å²) in [4.78, 5) is 0. The summed E-state index contributed by atoms with van der Waals surface area (Å²) in [5, 5.41) is 8.96. The second-order valence-corrected chi connectivity index (χ2v) is 5.07. The molecule has 1 aliphatic rings. The first-order valence-electron chi connectivity index (χ1n) is 5.76. The summed E-state index contributed by atoms with van der Waals surface area (Å²) >= 11 is 0. The van der Waals surface area contributed by atoms with E-state index in [1.165, 1.54) is 19.3 Å². The van der Waals surface area contributed by atoms with E-state index >= 15 is 0 Å². The molecule has 1 aliphatic carbocycles. The van der Waals surface area contributed by atoms with Gasteiger partial charge in [0.05, 0.1) is 0 Å². The fraction of sp³-hybridized carbons (Fsp3) is 1.00. The molecule has 1 fully saturated rings.